The van der Waals surface area contributed by atoms with Crippen LogP contribution in [0.4, 0.5) is 13.2 Å². The topological polar surface area (TPSA) is 46.5 Å². The maximum atomic E-state index is 12.0. The molecule has 0 aromatic heterocycles. The summed E-state index contributed by atoms with van der Waals surface area (Å²) in [5.74, 6) is -2.13. The summed E-state index contributed by atoms with van der Waals surface area (Å²) in [4.78, 5) is 10.6. The smallest absolute Gasteiger partial charge is 0.481 e. The van der Waals surface area contributed by atoms with Crippen molar-refractivity contribution in [1.29, 1.82) is 0 Å². The fourth-order valence-corrected chi connectivity index (χ4v) is 1.56. The number of hydrogen-bond donors (Lipinski definition) is 1. The maximum absolute atomic E-state index is 12.0. The second-order valence-corrected chi connectivity index (χ2v) is 4.16. The number of aliphatic carboxylic acids is 1. The van der Waals surface area contributed by atoms with E-state index in [9.17, 15) is 18.0 Å². The lowest BCUT2D eigenvalue weighted by Crippen LogP contribution is -2.17. The van der Waals surface area contributed by atoms with Gasteiger partial charge in [0.25, 0.3) is 0 Å². The van der Waals surface area contributed by atoms with Gasteiger partial charge < -0.3 is 9.84 Å². The van der Waals surface area contributed by atoms with Gasteiger partial charge in [0.15, 0.2) is 0 Å². The standard InChI is InChI=1S/C11H10ClF3O3/c1-6(10(16)17)4-7-2-3-9(8(12)5-7)18-11(13,14)15/h2-3,5-6H,4H2,1H3,(H,16,17). The zero-order valence-electron chi connectivity index (χ0n) is 9.29. The third-order valence-corrected chi connectivity index (χ3v) is 2.48. The minimum absolute atomic E-state index is 0.182. The molecule has 100 valence electrons. The van der Waals surface area contributed by atoms with Crippen molar-refractivity contribution in [3.63, 3.8) is 0 Å². The van der Waals surface area contributed by atoms with Crippen molar-refractivity contribution in [2.24, 2.45) is 5.92 Å². The van der Waals surface area contributed by atoms with Crippen molar-refractivity contribution < 1.29 is 27.8 Å². The monoisotopic (exact) mass is 282 g/mol. The summed E-state index contributed by atoms with van der Waals surface area (Å²) in [7, 11) is 0. The van der Waals surface area contributed by atoms with Crippen molar-refractivity contribution in [3.05, 3.63) is 28.8 Å². The van der Waals surface area contributed by atoms with Crippen molar-refractivity contribution in [3.8, 4) is 5.75 Å². The zero-order valence-corrected chi connectivity index (χ0v) is 10.0. The lowest BCUT2D eigenvalue weighted by Gasteiger charge is -2.12. The summed E-state index contributed by atoms with van der Waals surface area (Å²) in [5.41, 5.74) is 0.532. The summed E-state index contributed by atoms with van der Waals surface area (Å²) in [6.07, 6.45) is -4.62. The summed E-state index contributed by atoms with van der Waals surface area (Å²) in [6.45, 7) is 1.50. The van der Waals surface area contributed by atoms with Crippen LogP contribution in [-0.4, -0.2) is 17.4 Å². The predicted octanol–water partition coefficient (Wildman–Crippen LogP) is 3.50. The van der Waals surface area contributed by atoms with E-state index in [0.29, 0.717) is 5.56 Å². The molecule has 1 unspecified atom stereocenters. The Morgan fingerprint density at radius 1 is 1.50 bits per heavy atom. The van der Waals surface area contributed by atoms with E-state index in [4.69, 9.17) is 16.7 Å². The van der Waals surface area contributed by atoms with Crippen LogP contribution in [0.3, 0.4) is 0 Å². The largest absolute Gasteiger partial charge is 0.573 e. The van der Waals surface area contributed by atoms with Crippen LogP contribution in [0.2, 0.25) is 5.02 Å². The number of alkyl halides is 3. The molecule has 18 heavy (non-hydrogen) atoms. The van der Waals surface area contributed by atoms with Crippen LogP contribution in [0.15, 0.2) is 18.2 Å². The minimum atomic E-state index is -4.81. The number of carboxylic acid groups (broad SMARTS) is 1. The molecule has 7 heteroatoms. The fourth-order valence-electron chi connectivity index (χ4n) is 1.32. The number of carbonyl (C=O) groups is 1. The molecule has 0 saturated heterocycles. The normalized spacial score (nSPS) is 13.2. The molecule has 1 atom stereocenters. The molecule has 1 aromatic carbocycles. The molecule has 0 amide bonds. The molecule has 0 aliphatic carbocycles. The zero-order chi connectivity index (χ0) is 13.9. The average molecular weight is 283 g/mol. The van der Waals surface area contributed by atoms with Crippen molar-refractivity contribution in [2.45, 2.75) is 19.7 Å². The molecule has 0 radical (unpaired) electrons. The molecule has 1 rings (SSSR count). The van der Waals surface area contributed by atoms with Gasteiger partial charge in [-0.25, -0.2) is 0 Å². The van der Waals surface area contributed by atoms with Gasteiger partial charge in [-0.1, -0.05) is 24.6 Å². The molecule has 1 aromatic rings. The van der Waals surface area contributed by atoms with Gasteiger partial charge in [0.1, 0.15) is 5.75 Å². The van der Waals surface area contributed by atoms with E-state index in [1.54, 1.807) is 0 Å². The molecule has 0 spiro atoms. The number of ether oxygens (including phenoxy) is 1. The lowest BCUT2D eigenvalue weighted by atomic mass is 10.0. The second-order valence-electron chi connectivity index (χ2n) is 3.76. The van der Waals surface area contributed by atoms with E-state index >= 15 is 0 Å². The van der Waals surface area contributed by atoms with Gasteiger partial charge in [-0.2, -0.15) is 0 Å². The van der Waals surface area contributed by atoms with Crippen molar-refractivity contribution in [1.82, 2.24) is 0 Å². The maximum Gasteiger partial charge on any atom is 0.573 e. The number of halogens is 4. The first-order valence-electron chi connectivity index (χ1n) is 4.96. The predicted molar refractivity (Wildman–Crippen MR) is 58.6 cm³/mol. The molecule has 0 fully saturated rings. The van der Waals surface area contributed by atoms with E-state index in [1.807, 2.05) is 0 Å². The van der Waals surface area contributed by atoms with Crippen LogP contribution in [-0.2, 0) is 11.2 Å². The summed E-state index contributed by atoms with van der Waals surface area (Å²) in [6, 6.07) is 3.69. The quantitative estimate of drug-likeness (QED) is 0.919. The van der Waals surface area contributed by atoms with Crippen LogP contribution < -0.4 is 4.74 Å². The van der Waals surface area contributed by atoms with Crippen LogP contribution in [0.1, 0.15) is 12.5 Å². The van der Waals surface area contributed by atoms with E-state index < -0.39 is 24.0 Å². The average Bonchev–Trinajstić information content (AvgIpc) is 2.20. The molecule has 1 N–H and O–H groups in total. The Hall–Kier alpha value is -1.43. The van der Waals surface area contributed by atoms with Gasteiger partial charge >= 0.3 is 12.3 Å². The van der Waals surface area contributed by atoms with Crippen LogP contribution in [0.25, 0.3) is 0 Å². The molecule has 0 aliphatic rings. The number of benzene rings is 1. The Kier molecular flexibility index (Phi) is 4.45. The third kappa shape index (κ3) is 4.44. The highest BCUT2D eigenvalue weighted by atomic mass is 35.5. The van der Waals surface area contributed by atoms with Crippen molar-refractivity contribution in [2.75, 3.05) is 0 Å². The molecular formula is C11H10ClF3O3. The van der Waals surface area contributed by atoms with Gasteiger partial charge in [0, 0.05) is 0 Å². The first kappa shape index (κ1) is 14.6. The van der Waals surface area contributed by atoms with Gasteiger partial charge in [-0.05, 0) is 24.1 Å². The Morgan fingerprint density at radius 3 is 2.56 bits per heavy atom. The molecule has 0 heterocycles. The minimum Gasteiger partial charge on any atom is -0.481 e. The van der Waals surface area contributed by atoms with Crippen LogP contribution in [0.5, 0.6) is 5.75 Å². The number of hydrogen-bond acceptors (Lipinski definition) is 2. The number of rotatable bonds is 4. The lowest BCUT2D eigenvalue weighted by molar-refractivity contribution is -0.274. The summed E-state index contributed by atoms with van der Waals surface area (Å²) >= 11 is 5.63. The highest BCUT2D eigenvalue weighted by molar-refractivity contribution is 6.32. The molecule has 0 saturated carbocycles. The highest BCUT2D eigenvalue weighted by Crippen LogP contribution is 2.31. The van der Waals surface area contributed by atoms with E-state index in [-0.39, 0.29) is 11.4 Å². The first-order valence-corrected chi connectivity index (χ1v) is 5.34. The Morgan fingerprint density at radius 2 is 2.11 bits per heavy atom. The summed E-state index contributed by atoms with van der Waals surface area (Å²) in [5, 5.41) is 8.51. The van der Waals surface area contributed by atoms with Crippen LogP contribution >= 0.6 is 11.6 Å². The molecule has 0 aliphatic heterocycles. The molecular weight excluding hydrogens is 273 g/mol. The first-order chi connectivity index (χ1) is 8.19. The Bertz CT molecular complexity index is 446. The number of carboxylic acids is 1. The van der Waals surface area contributed by atoms with Gasteiger partial charge in [0.05, 0.1) is 10.9 Å². The Labute approximate surface area is 106 Å². The van der Waals surface area contributed by atoms with E-state index in [0.717, 1.165) is 6.07 Å². The Balaban J connectivity index is 2.83. The van der Waals surface area contributed by atoms with Gasteiger partial charge in [-0.3, -0.25) is 4.79 Å². The molecule has 0 bridgehead atoms. The SMILES string of the molecule is CC(Cc1ccc(OC(F)(F)F)c(Cl)c1)C(=O)O. The van der Waals surface area contributed by atoms with Gasteiger partial charge in [-0.15, -0.1) is 13.2 Å². The van der Waals surface area contributed by atoms with E-state index in [2.05, 4.69) is 4.74 Å². The second kappa shape index (κ2) is 5.48. The van der Waals surface area contributed by atoms with E-state index in [1.165, 1.54) is 19.1 Å². The van der Waals surface area contributed by atoms with Crippen LogP contribution in [0, 0.1) is 5.92 Å². The molecule has 3 nitrogen and oxygen atoms in total. The third-order valence-electron chi connectivity index (χ3n) is 2.19. The van der Waals surface area contributed by atoms with Crippen molar-refractivity contribution >= 4 is 17.6 Å². The highest BCUT2D eigenvalue weighted by Gasteiger charge is 2.32. The summed E-state index contributed by atoms with van der Waals surface area (Å²) < 4.78 is 39.6. The fraction of sp³-hybridized carbons (Fsp3) is 0.364. The van der Waals surface area contributed by atoms with Gasteiger partial charge in [0.2, 0.25) is 0 Å².